The number of carbonyl (C=O) groups excluding carboxylic acids is 2. The maximum atomic E-state index is 13.8. The first-order valence-electron chi connectivity index (χ1n) is 10.1. The van der Waals surface area contributed by atoms with E-state index >= 15 is 0 Å². The van der Waals surface area contributed by atoms with Gasteiger partial charge in [0.1, 0.15) is 30.1 Å². The third-order valence-electron chi connectivity index (χ3n) is 5.10. The normalized spacial score (nSPS) is 13.7. The summed E-state index contributed by atoms with van der Waals surface area (Å²) in [4.78, 5) is 29.7. The number of hydrogen-bond acceptors (Lipinski definition) is 8. The summed E-state index contributed by atoms with van der Waals surface area (Å²) >= 11 is 0. The molecule has 35 heavy (non-hydrogen) atoms. The van der Waals surface area contributed by atoms with Crippen molar-refractivity contribution in [1.82, 2.24) is 9.71 Å². The maximum absolute atomic E-state index is 13.8. The van der Waals surface area contributed by atoms with Crippen LogP contribution in [0.1, 0.15) is 34.1 Å². The standard InChI is InChI=1S/C21H18F4N4O5S/c1-2-34-21(31)13-5-11(7-26)19(27-17(13)6-22)29-8-12(9-29)20(30)28-35(32,33)10-14-15(23)3-4-16(24)18(14)25/h3-5,12H,2,6,8-10H2,1H3,(H,28,30). The second-order valence-corrected chi connectivity index (χ2v) is 9.19. The van der Waals surface area contributed by atoms with Crippen LogP contribution < -0.4 is 9.62 Å². The minimum absolute atomic E-state index is 0.0102. The number of halogens is 4. The van der Waals surface area contributed by atoms with Gasteiger partial charge < -0.3 is 9.64 Å². The van der Waals surface area contributed by atoms with Crippen LogP contribution >= 0.6 is 0 Å². The molecule has 0 atom stereocenters. The average Bonchev–Trinajstić information content (AvgIpc) is 2.77. The first-order valence-corrected chi connectivity index (χ1v) is 11.7. The zero-order valence-electron chi connectivity index (χ0n) is 18.1. The van der Waals surface area contributed by atoms with Crippen molar-refractivity contribution < 1.29 is 40.3 Å². The van der Waals surface area contributed by atoms with Gasteiger partial charge in [0.15, 0.2) is 11.6 Å². The maximum Gasteiger partial charge on any atom is 0.340 e. The molecule has 0 aliphatic carbocycles. The molecule has 0 unspecified atom stereocenters. The van der Waals surface area contributed by atoms with Gasteiger partial charge in [-0.2, -0.15) is 5.26 Å². The molecule has 1 N–H and O–H groups in total. The summed E-state index contributed by atoms with van der Waals surface area (Å²) in [6.45, 7) is 0.220. The quantitative estimate of drug-likeness (QED) is 0.322. The van der Waals surface area contributed by atoms with E-state index in [0.717, 1.165) is 6.07 Å². The number of pyridine rings is 1. The van der Waals surface area contributed by atoms with Crippen LogP contribution in [0.4, 0.5) is 23.4 Å². The smallest absolute Gasteiger partial charge is 0.340 e. The van der Waals surface area contributed by atoms with Gasteiger partial charge in [0.25, 0.3) is 0 Å². The highest BCUT2D eigenvalue weighted by Crippen LogP contribution is 2.29. The number of benzene rings is 1. The van der Waals surface area contributed by atoms with Crippen LogP contribution in [0.15, 0.2) is 18.2 Å². The number of anilines is 1. The lowest BCUT2D eigenvalue weighted by Gasteiger charge is -2.39. The molecule has 0 spiro atoms. The van der Waals surface area contributed by atoms with E-state index in [1.807, 2.05) is 6.07 Å². The van der Waals surface area contributed by atoms with Gasteiger partial charge in [0, 0.05) is 18.7 Å². The monoisotopic (exact) mass is 514 g/mol. The molecule has 1 aromatic carbocycles. The Bertz CT molecular complexity index is 1320. The number of carbonyl (C=O) groups is 2. The Morgan fingerprint density at radius 2 is 1.91 bits per heavy atom. The predicted molar refractivity (Wildman–Crippen MR) is 113 cm³/mol. The molecule has 1 amide bonds. The van der Waals surface area contributed by atoms with Crippen LogP contribution in [-0.2, 0) is 32.0 Å². The number of nitrogens with zero attached hydrogens (tertiary/aromatic N) is 3. The zero-order valence-corrected chi connectivity index (χ0v) is 19.0. The van der Waals surface area contributed by atoms with Crippen LogP contribution in [-0.4, -0.2) is 45.0 Å². The van der Waals surface area contributed by atoms with E-state index in [9.17, 15) is 40.8 Å². The third-order valence-corrected chi connectivity index (χ3v) is 6.29. The van der Waals surface area contributed by atoms with Gasteiger partial charge in [-0.15, -0.1) is 0 Å². The molecule has 186 valence electrons. The SMILES string of the molecule is CCOC(=O)c1cc(C#N)c(N2CC(C(=O)NS(=O)(=O)Cc3c(F)ccc(F)c3F)C2)nc1CF. The number of amides is 1. The number of hydrogen-bond donors (Lipinski definition) is 1. The van der Waals surface area contributed by atoms with Crippen LogP contribution in [0, 0.1) is 34.7 Å². The highest BCUT2D eigenvalue weighted by atomic mass is 32.2. The van der Waals surface area contributed by atoms with E-state index in [4.69, 9.17) is 4.74 Å². The molecule has 1 saturated heterocycles. The van der Waals surface area contributed by atoms with Gasteiger partial charge in [0.2, 0.25) is 15.9 Å². The van der Waals surface area contributed by atoms with E-state index in [-0.39, 0.29) is 42.3 Å². The van der Waals surface area contributed by atoms with Crippen molar-refractivity contribution >= 4 is 27.7 Å². The van der Waals surface area contributed by atoms with Crippen LogP contribution in [0.5, 0.6) is 0 Å². The van der Waals surface area contributed by atoms with E-state index in [1.54, 1.807) is 11.6 Å². The molecule has 0 saturated carbocycles. The average molecular weight is 514 g/mol. The third kappa shape index (κ3) is 5.51. The molecule has 14 heteroatoms. The Labute approximate surface area is 197 Å². The van der Waals surface area contributed by atoms with Crippen molar-refractivity contribution in [3.8, 4) is 6.07 Å². The Balaban J connectivity index is 1.71. The summed E-state index contributed by atoms with van der Waals surface area (Å²) in [6, 6.07) is 4.01. The molecule has 3 rings (SSSR count). The Morgan fingerprint density at radius 1 is 1.26 bits per heavy atom. The number of sulfonamides is 1. The molecule has 1 aliphatic rings. The number of aromatic nitrogens is 1. The highest BCUT2D eigenvalue weighted by molar-refractivity contribution is 7.89. The van der Waals surface area contributed by atoms with E-state index < -0.39 is 63.3 Å². The second-order valence-electron chi connectivity index (χ2n) is 7.47. The summed E-state index contributed by atoms with van der Waals surface area (Å²) in [5.41, 5.74) is -1.63. The van der Waals surface area contributed by atoms with Crippen molar-refractivity contribution in [2.75, 3.05) is 24.6 Å². The summed E-state index contributed by atoms with van der Waals surface area (Å²) in [7, 11) is -4.58. The Morgan fingerprint density at radius 3 is 2.51 bits per heavy atom. The van der Waals surface area contributed by atoms with Gasteiger partial charge in [-0.1, -0.05) is 0 Å². The van der Waals surface area contributed by atoms with Crippen molar-refractivity contribution in [1.29, 1.82) is 5.26 Å². The molecule has 0 radical (unpaired) electrons. The van der Waals surface area contributed by atoms with Crippen LogP contribution in [0.25, 0.3) is 0 Å². The fourth-order valence-electron chi connectivity index (χ4n) is 3.33. The van der Waals surface area contributed by atoms with Crippen molar-refractivity contribution in [2.24, 2.45) is 5.92 Å². The summed E-state index contributed by atoms with van der Waals surface area (Å²) in [6.07, 6.45) is 0. The number of rotatable bonds is 8. The van der Waals surface area contributed by atoms with Gasteiger partial charge in [0.05, 0.1) is 29.3 Å². The first-order chi connectivity index (χ1) is 16.5. The number of nitriles is 1. The topological polar surface area (TPSA) is 129 Å². The summed E-state index contributed by atoms with van der Waals surface area (Å²) in [5, 5.41) is 9.41. The lowest BCUT2D eigenvalue weighted by Crippen LogP contribution is -2.55. The van der Waals surface area contributed by atoms with E-state index in [0.29, 0.717) is 12.1 Å². The van der Waals surface area contributed by atoms with Gasteiger partial charge in [-0.3, -0.25) is 9.52 Å². The fraction of sp³-hybridized carbons (Fsp3) is 0.333. The second kappa shape index (κ2) is 10.3. The lowest BCUT2D eigenvalue weighted by molar-refractivity contribution is -0.123. The largest absolute Gasteiger partial charge is 0.462 e. The van der Waals surface area contributed by atoms with Gasteiger partial charge in [-0.05, 0) is 25.1 Å². The number of alkyl halides is 1. The molecular weight excluding hydrogens is 496 g/mol. The molecule has 1 aromatic heterocycles. The first kappa shape index (κ1) is 25.9. The van der Waals surface area contributed by atoms with Gasteiger partial charge in [-0.25, -0.2) is 35.8 Å². The van der Waals surface area contributed by atoms with E-state index in [2.05, 4.69) is 4.98 Å². The molecular formula is C21H18F4N4O5S. The number of nitrogens with one attached hydrogen (secondary N) is 1. The predicted octanol–water partition coefficient (Wildman–Crippen LogP) is 2.10. The zero-order chi connectivity index (χ0) is 25.9. The summed E-state index contributed by atoms with van der Waals surface area (Å²) in [5.74, 6) is -8.49. The molecule has 0 bridgehead atoms. The minimum Gasteiger partial charge on any atom is -0.462 e. The Kier molecular flexibility index (Phi) is 7.59. The highest BCUT2D eigenvalue weighted by Gasteiger charge is 2.37. The lowest BCUT2D eigenvalue weighted by atomic mass is 9.98. The van der Waals surface area contributed by atoms with Crippen molar-refractivity contribution in [2.45, 2.75) is 19.4 Å². The van der Waals surface area contributed by atoms with E-state index in [1.165, 1.54) is 4.90 Å². The molecule has 2 heterocycles. The number of esters is 1. The van der Waals surface area contributed by atoms with Crippen molar-refractivity contribution in [3.63, 3.8) is 0 Å². The molecule has 1 fully saturated rings. The Hall–Kier alpha value is -3.73. The van der Waals surface area contributed by atoms with Crippen molar-refractivity contribution in [3.05, 3.63) is 58.0 Å². The van der Waals surface area contributed by atoms with Gasteiger partial charge >= 0.3 is 5.97 Å². The van der Waals surface area contributed by atoms with Crippen LogP contribution in [0.3, 0.4) is 0 Å². The minimum atomic E-state index is -4.58. The molecule has 2 aromatic rings. The molecule has 9 nitrogen and oxygen atoms in total. The fourth-order valence-corrected chi connectivity index (χ4v) is 4.52. The summed E-state index contributed by atoms with van der Waals surface area (Å²) < 4.78 is 85.2. The molecule has 1 aliphatic heterocycles. The number of ether oxygens (including phenoxy) is 1. The van der Waals surface area contributed by atoms with Crippen LogP contribution in [0.2, 0.25) is 0 Å².